The molecule has 1 aliphatic rings. The van der Waals surface area contributed by atoms with E-state index in [0.717, 1.165) is 5.56 Å². The lowest BCUT2D eigenvalue weighted by atomic mass is 10.2. The maximum Gasteiger partial charge on any atom is 0.412 e. The van der Waals surface area contributed by atoms with Gasteiger partial charge < -0.3 is 14.6 Å². The molecule has 1 N–H and O–H groups in total. The molecule has 1 amide bonds. The molecule has 2 rings (SSSR count). The van der Waals surface area contributed by atoms with E-state index in [9.17, 15) is 9.90 Å². The average Bonchev–Trinajstić information content (AvgIpc) is 2.78. The highest BCUT2D eigenvalue weighted by Crippen LogP contribution is 2.19. The summed E-state index contributed by atoms with van der Waals surface area (Å²) in [5, 5.41) is 9.62. The highest BCUT2D eigenvalue weighted by atomic mass is 16.6. The molecule has 0 aromatic heterocycles. The van der Waals surface area contributed by atoms with Gasteiger partial charge in [0.1, 0.15) is 12.7 Å². The molecular weight excluding hydrogens is 234 g/mol. The van der Waals surface area contributed by atoms with Gasteiger partial charge in [0, 0.05) is 13.7 Å². The zero-order valence-electron chi connectivity index (χ0n) is 10.3. The van der Waals surface area contributed by atoms with Gasteiger partial charge in [-0.3, -0.25) is 4.90 Å². The van der Waals surface area contributed by atoms with Crippen molar-refractivity contribution >= 4 is 6.09 Å². The fraction of sp³-hybridized carbons (Fsp3) is 0.462. The normalized spacial score (nSPS) is 23.1. The summed E-state index contributed by atoms with van der Waals surface area (Å²) >= 11 is 0. The summed E-state index contributed by atoms with van der Waals surface area (Å²) in [5.74, 6) is 0. The number of likely N-dealkylation sites (tertiary alicyclic amines) is 1. The van der Waals surface area contributed by atoms with Crippen molar-refractivity contribution in [2.75, 3.05) is 13.7 Å². The SMILES string of the molecule is COC1C(O)CCN1C(=O)OCc1ccccc1. The molecule has 2 atom stereocenters. The van der Waals surface area contributed by atoms with E-state index in [4.69, 9.17) is 9.47 Å². The molecule has 18 heavy (non-hydrogen) atoms. The largest absolute Gasteiger partial charge is 0.444 e. The first-order valence-corrected chi connectivity index (χ1v) is 5.90. The summed E-state index contributed by atoms with van der Waals surface area (Å²) in [6.07, 6.45) is -1.19. The van der Waals surface area contributed by atoms with E-state index in [1.807, 2.05) is 30.3 Å². The second-order valence-corrected chi connectivity index (χ2v) is 4.22. The van der Waals surface area contributed by atoms with Gasteiger partial charge in [-0.25, -0.2) is 4.79 Å². The molecule has 0 radical (unpaired) electrons. The maximum absolute atomic E-state index is 11.8. The fourth-order valence-corrected chi connectivity index (χ4v) is 2.03. The van der Waals surface area contributed by atoms with E-state index in [2.05, 4.69) is 0 Å². The van der Waals surface area contributed by atoms with Crippen LogP contribution in [0.15, 0.2) is 30.3 Å². The maximum atomic E-state index is 11.8. The van der Waals surface area contributed by atoms with Crippen LogP contribution in [-0.4, -0.2) is 42.1 Å². The quantitative estimate of drug-likeness (QED) is 0.881. The van der Waals surface area contributed by atoms with E-state index in [-0.39, 0.29) is 6.61 Å². The molecule has 0 saturated carbocycles. The van der Waals surface area contributed by atoms with Crippen molar-refractivity contribution in [1.82, 2.24) is 4.90 Å². The fourth-order valence-electron chi connectivity index (χ4n) is 2.03. The Kier molecular flexibility index (Phi) is 4.17. The van der Waals surface area contributed by atoms with Crippen LogP contribution in [0.25, 0.3) is 0 Å². The highest BCUT2D eigenvalue weighted by Gasteiger charge is 2.36. The molecule has 1 aliphatic heterocycles. The van der Waals surface area contributed by atoms with Gasteiger partial charge in [0.05, 0.1) is 0 Å². The van der Waals surface area contributed by atoms with Gasteiger partial charge in [-0.1, -0.05) is 30.3 Å². The average molecular weight is 251 g/mol. The number of methoxy groups -OCH3 is 1. The number of rotatable bonds is 3. The minimum Gasteiger partial charge on any atom is -0.444 e. The Hall–Kier alpha value is -1.59. The number of aliphatic hydroxyl groups excluding tert-OH is 1. The first kappa shape index (κ1) is 12.9. The van der Waals surface area contributed by atoms with Gasteiger partial charge in [-0.05, 0) is 12.0 Å². The van der Waals surface area contributed by atoms with Crippen LogP contribution >= 0.6 is 0 Å². The topological polar surface area (TPSA) is 59.0 Å². The van der Waals surface area contributed by atoms with Gasteiger partial charge >= 0.3 is 6.09 Å². The van der Waals surface area contributed by atoms with Crippen molar-refractivity contribution in [3.8, 4) is 0 Å². The highest BCUT2D eigenvalue weighted by molar-refractivity contribution is 5.68. The van der Waals surface area contributed by atoms with E-state index in [0.29, 0.717) is 13.0 Å². The molecule has 1 heterocycles. The first-order chi connectivity index (χ1) is 8.72. The van der Waals surface area contributed by atoms with E-state index >= 15 is 0 Å². The van der Waals surface area contributed by atoms with Crippen LogP contribution in [0, 0.1) is 0 Å². The molecular formula is C13H17NO4. The van der Waals surface area contributed by atoms with Crippen LogP contribution in [0.4, 0.5) is 4.79 Å². The van der Waals surface area contributed by atoms with Gasteiger partial charge in [0.2, 0.25) is 0 Å². The molecule has 0 spiro atoms. The lowest BCUT2D eigenvalue weighted by Gasteiger charge is -2.24. The van der Waals surface area contributed by atoms with Crippen molar-refractivity contribution in [2.24, 2.45) is 0 Å². The number of benzene rings is 1. The Balaban J connectivity index is 1.88. The van der Waals surface area contributed by atoms with Crippen molar-refractivity contribution < 1.29 is 19.4 Å². The van der Waals surface area contributed by atoms with Gasteiger partial charge in [0.25, 0.3) is 0 Å². The second kappa shape index (κ2) is 5.84. The summed E-state index contributed by atoms with van der Waals surface area (Å²) in [6.45, 7) is 0.677. The smallest absolute Gasteiger partial charge is 0.412 e. The zero-order valence-corrected chi connectivity index (χ0v) is 10.3. The summed E-state index contributed by atoms with van der Waals surface area (Å²) in [5.41, 5.74) is 0.930. The molecule has 1 saturated heterocycles. The van der Waals surface area contributed by atoms with Gasteiger partial charge in [-0.2, -0.15) is 0 Å². The van der Waals surface area contributed by atoms with E-state index < -0.39 is 18.4 Å². The van der Waals surface area contributed by atoms with Gasteiger partial charge in [0.15, 0.2) is 6.23 Å². The summed E-state index contributed by atoms with van der Waals surface area (Å²) in [6, 6.07) is 9.46. The summed E-state index contributed by atoms with van der Waals surface area (Å²) < 4.78 is 10.3. The predicted octanol–water partition coefficient (Wildman–Crippen LogP) is 1.36. The third-order valence-electron chi connectivity index (χ3n) is 2.98. The molecule has 0 bridgehead atoms. The summed E-state index contributed by atoms with van der Waals surface area (Å²) in [7, 11) is 1.47. The molecule has 98 valence electrons. The van der Waals surface area contributed by atoms with Crippen LogP contribution in [0.5, 0.6) is 0 Å². The number of aliphatic hydroxyl groups is 1. The number of carbonyl (C=O) groups is 1. The zero-order chi connectivity index (χ0) is 13.0. The van der Waals surface area contributed by atoms with Gasteiger partial charge in [-0.15, -0.1) is 0 Å². The molecule has 1 fully saturated rings. The van der Waals surface area contributed by atoms with E-state index in [1.54, 1.807) is 0 Å². The lowest BCUT2D eigenvalue weighted by Crippen LogP contribution is -2.41. The number of hydrogen-bond donors (Lipinski definition) is 1. The number of nitrogens with zero attached hydrogens (tertiary/aromatic N) is 1. The monoisotopic (exact) mass is 251 g/mol. The Labute approximate surface area is 106 Å². The first-order valence-electron chi connectivity index (χ1n) is 5.90. The minimum atomic E-state index is -0.640. The third kappa shape index (κ3) is 2.80. The summed E-state index contributed by atoms with van der Waals surface area (Å²) in [4.78, 5) is 13.3. The Morgan fingerprint density at radius 2 is 2.17 bits per heavy atom. The molecule has 2 unspecified atom stereocenters. The molecule has 5 nitrogen and oxygen atoms in total. The lowest BCUT2D eigenvalue weighted by molar-refractivity contribution is -0.0605. The molecule has 1 aromatic carbocycles. The molecule has 0 aliphatic carbocycles. The van der Waals surface area contributed by atoms with Crippen LogP contribution in [0.2, 0.25) is 0 Å². The molecule has 5 heteroatoms. The molecule has 1 aromatic rings. The van der Waals surface area contributed by atoms with Crippen molar-refractivity contribution in [3.63, 3.8) is 0 Å². The number of carbonyl (C=O) groups excluding carboxylic acids is 1. The van der Waals surface area contributed by atoms with Crippen LogP contribution in [0.3, 0.4) is 0 Å². The Morgan fingerprint density at radius 1 is 1.44 bits per heavy atom. The standard InChI is InChI=1S/C13H17NO4/c1-17-12-11(15)7-8-14(12)13(16)18-9-10-5-3-2-4-6-10/h2-6,11-12,15H,7-9H2,1H3. The second-order valence-electron chi connectivity index (χ2n) is 4.22. The number of hydrogen-bond acceptors (Lipinski definition) is 4. The van der Waals surface area contributed by atoms with Crippen LogP contribution in [0.1, 0.15) is 12.0 Å². The van der Waals surface area contributed by atoms with E-state index in [1.165, 1.54) is 12.0 Å². The minimum absolute atomic E-state index is 0.225. The van der Waals surface area contributed by atoms with Crippen LogP contribution < -0.4 is 0 Å². The Bertz CT molecular complexity index is 395. The number of ether oxygens (including phenoxy) is 2. The van der Waals surface area contributed by atoms with Crippen molar-refractivity contribution in [2.45, 2.75) is 25.4 Å². The third-order valence-corrected chi connectivity index (χ3v) is 2.98. The predicted molar refractivity (Wildman–Crippen MR) is 64.8 cm³/mol. The Morgan fingerprint density at radius 3 is 2.83 bits per heavy atom. The van der Waals surface area contributed by atoms with Crippen molar-refractivity contribution in [1.29, 1.82) is 0 Å². The van der Waals surface area contributed by atoms with Crippen LogP contribution in [-0.2, 0) is 16.1 Å². The van der Waals surface area contributed by atoms with Crippen molar-refractivity contribution in [3.05, 3.63) is 35.9 Å². The number of amides is 1.